The summed E-state index contributed by atoms with van der Waals surface area (Å²) >= 11 is 0. The summed E-state index contributed by atoms with van der Waals surface area (Å²) in [6.07, 6.45) is 5.17. The van der Waals surface area contributed by atoms with Gasteiger partial charge in [0, 0.05) is 12.0 Å². The zero-order valence-corrected chi connectivity index (χ0v) is 18.5. The van der Waals surface area contributed by atoms with E-state index in [1.54, 1.807) is 32.1 Å². The zero-order chi connectivity index (χ0) is 23.8. The number of rotatable bonds is 12. The molecule has 1 saturated heterocycles. The first-order valence-corrected chi connectivity index (χ1v) is 10.0. The van der Waals surface area contributed by atoms with Crippen molar-refractivity contribution in [2.24, 2.45) is 5.92 Å². The Morgan fingerprint density at radius 3 is 2.19 bits per heavy atom. The summed E-state index contributed by atoms with van der Waals surface area (Å²) in [6, 6.07) is 0. The summed E-state index contributed by atoms with van der Waals surface area (Å²) in [5.74, 6) is -3.39. The molecule has 1 heterocycles. The van der Waals surface area contributed by atoms with Crippen molar-refractivity contribution in [3.63, 3.8) is 0 Å². The Kier molecular flexibility index (Phi) is 9.61. The van der Waals surface area contributed by atoms with Crippen LogP contribution >= 0.6 is 0 Å². The second kappa shape index (κ2) is 11.2. The average molecular weight is 440 g/mol. The van der Waals surface area contributed by atoms with Gasteiger partial charge >= 0.3 is 17.9 Å². The van der Waals surface area contributed by atoms with Gasteiger partial charge in [-0.2, -0.15) is 0 Å². The van der Waals surface area contributed by atoms with Crippen molar-refractivity contribution in [1.82, 2.24) is 0 Å². The summed E-state index contributed by atoms with van der Waals surface area (Å²) in [6.45, 7) is 8.13. The molecule has 0 radical (unpaired) electrons. The number of hydrogen-bond acceptors (Lipinski definition) is 8. The lowest BCUT2D eigenvalue weighted by Crippen LogP contribution is -2.47. The number of carboxylic acid groups (broad SMARTS) is 1. The van der Waals surface area contributed by atoms with Gasteiger partial charge in [-0.1, -0.05) is 38.2 Å². The molecule has 174 valence electrons. The Morgan fingerprint density at radius 2 is 1.71 bits per heavy atom. The van der Waals surface area contributed by atoms with E-state index in [1.165, 1.54) is 26.0 Å². The van der Waals surface area contributed by atoms with Gasteiger partial charge in [0.1, 0.15) is 5.60 Å². The molecule has 1 rings (SSSR count). The molecular formula is C22H32O9. The van der Waals surface area contributed by atoms with E-state index in [4.69, 9.17) is 19.3 Å². The van der Waals surface area contributed by atoms with Crippen LogP contribution in [-0.4, -0.2) is 69.3 Å². The molecule has 9 heteroatoms. The van der Waals surface area contributed by atoms with Gasteiger partial charge in [-0.05, 0) is 33.3 Å². The van der Waals surface area contributed by atoms with Gasteiger partial charge in [0.05, 0.1) is 12.2 Å². The second-order valence-electron chi connectivity index (χ2n) is 8.23. The monoisotopic (exact) mass is 440 g/mol. The highest BCUT2D eigenvalue weighted by atomic mass is 16.6. The molecule has 0 aromatic carbocycles. The quantitative estimate of drug-likeness (QED) is 0.178. The maximum Gasteiger partial charge on any atom is 0.348 e. The number of carboxylic acids is 1. The normalized spacial score (nSPS) is 22.9. The lowest BCUT2D eigenvalue weighted by molar-refractivity contribution is -0.186. The molecule has 0 aromatic heterocycles. The second-order valence-corrected chi connectivity index (χ2v) is 8.23. The van der Waals surface area contributed by atoms with Crippen LogP contribution in [-0.2, 0) is 28.6 Å². The van der Waals surface area contributed by atoms with Crippen molar-refractivity contribution >= 4 is 17.9 Å². The number of aliphatic carboxylic acids is 1. The first-order chi connectivity index (χ1) is 14.3. The van der Waals surface area contributed by atoms with Crippen LogP contribution in [0.25, 0.3) is 0 Å². The Morgan fingerprint density at radius 1 is 1.13 bits per heavy atom. The minimum Gasteiger partial charge on any atom is -0.478 e. The van der Waals surface area contributed by atoms with Crippen LogP contribution in [0.2, 0.25) is 0 Å². The summed E-state index contributed by atoms with van der Waals surface area (Å²) in [5.41, 5.74) is -2.46. The van der Waals surface area contributed by atoms with E-state index in [0.717, 1.165) is 6.08 Å². The number of aliphatic hydroxyl groups is 2. The van der Waals surface area contributed by atoms with Crippen molar-refractivity contribution in [1.29, 1.82) is 0 Å². The first-order valence-electron chi connectivity index (χ1n) is 10.0. The van der Waals surface area contributed by atoms with E-state index in [-0.39, 0.29) is 0 Å². The van der Waals surface area contributed by atoms with E-state index < -0.39 is 53.3 Å². The van der Waals surface area contributed by atoms with Gasteiger partial charge in [-0.3, -0.25) is 0 Å². The Balaban J connectivity index is 2.91. The van der Waals surface area contributed by atoms with Crippen LogP contribution in [0.15, 0.2) is 36.5 Å². The molecule has 0 aliphatic carbocycles. The van der Waals surface area contributed by atoms with Gasteiger partial charge < -0.3 is 29.5 Å². The van der Waals surface area contributed by atoms with E-state index in [9.17, 15) is 24.6 Å². The minimum atomic E-state index is -1.82. The fourth-order valence-corrected chi connectivity index (χ4v) is 2.36. The highest BCUT2D eigenvalue weighted by Crippen LogP contribution is 2.33. The average Bonchev–Trinajstić information content (AvgIpc) is 3.43. The summed E-state index contributed by atoms with van der Waals surface area (Å²) in [5, 5.41) is 28.3. The first kappa shape index (κ1) is 26.5. The number of allylic oxidation sites excluding steroid dienone is 4. The van der Waals surface area contributed by atoms with Gasteiger partial charge in [-0.15, -0.1) is 0 Å². The Labute approximate surface area is 182 Å². The largest absolute Gasteiger partial charge is 0.478 e. The van der Waals surface area contributed by atoms with Gasteiger partial charge in [0.2, 0.25) is 6.10 Å². The number of hydrogen-bond donors (Lipinski definition) is 3. The predicted octanol–water partition coefficient (Wildman–Crippen LogP) is 1.53. The fourth-order valence-electron chi connectivity index (χ4n) is 2.36. The van der Waals surface area contributed by atoms with E-state index in [1.807, 2.05) is 6.92 Å². The summed E-state index contributed by atoms with van der Waals surface area (Å²) in [4.78, 5) is 35.5. The maximum absolute atomic E-state index is 12.8. The molecule has 1 fully saturated rings. The number of carbonyl (C=O) groups is 3. The van der Waals surface area contributed by atoms with E-state index in [0.29, 0.717) is 13.0 Å². The summed E-state index contributed by atoms with van der Waals surface area (Å²) in [7, 11) is 0. The van der Waals surface area contributed by atoms with Crippen LogP contribution in [0.3, 0.4) is 0 Å². The van der Waals surface area contributed by atoms with Crippen molar-refractivity contribution in [3.05, 3.63) is 36.5 Å². The van der Waals surface area contributed by atoms with Crippen molar-refractivity contribution in [2.75, 3.05) is 6.61 Å². The Hall–Kier alpha value is -2.49. The van der Waals surface area contributed by atoms with Gasteiger partial charge in [0.25, 0.3) is 0 Å². The molecule has 0 saturated carbocycles. The number of ether oxygens (including phenoxy) is 3. The van der Waals surface area contributed by atoms with E-state index in [2.05, 4.69) is 0 Å². The molecule has 1 aliphatic heterocycles. The van der Waals surface area contributed by atoms with Crippen molar-refractivity contribution < 1.29 is 43.9 Å². The number of esters is 2. The number of epoxide rings is 1. The Bertz CT molecular complexity index is 726. The van der Waals surface area contributed by atoms with Crippen LogP contribution < -0.4 is 0 Å². The third kappa shape index (κ3) is 8.64. The molecule has 1 aliphatic rings. The lowest BCUT2D eigenvalue weighted by Gasteiger charge is -2.28. The molecule has 0 bridgehead atoms. The number of aliphatic hydroxyl groups excluding tert-OH is 1. The molecule has 5 atom stereocenters. The summed E-state index contributed by atoms with van der Waals surface area (Å²) < 4.78 is 16.1. The fraction of sp³-hybridized carbons (Fsp3) is 0.591. The molecule has 31 heavy (non-hydrogen) atoms. The lowest BCUT2D eigenvalue weighted by atomic mass is 9.99. The van der Waals surface area contributed by atoms with E-state index >= 15 is 0 Å². The third-order valence-corrected chi connectivity index (χ3v) is 4.83. The van der Waals surface area contributed by atoms with Crippen molar-refractivity contribution in [3.8, 4) is 0 Å². The highest BCUT2D eigenvalue weighted by Gasteiger charge is 2.49. The maximum atomic E-state index is 12.8. The van der Waals surface area contributed by atoms with Crippen LogP contribution in [0.1, 0.15) is 41.0 Å². The van der Waals surface area contributed by atoms with Gasteiger partial charge in [0.15, 0.2) is 12.2 Å². The zero-order valence-electron chi connectivity index (χ0n) is 18.5. The highest BCUT2D eigenvalue weighted by molar-refractivity contribution is 5.82. The van der Waals surface area contributed by atoms with Crippen molar-refractivity contribution in [2.45, 2.75) is 70.6 Å². The molecule has 9 nitrogen and oxygen atoms in total. The minimum absolute atomic E-state index is 0.364. The standard InChI is InChI=1S/C22H32O9/c1-6-14(2)17(31-20(27)18(25)21(3,4)28)19(26)30-15(22(5)13-29-22)11-9-7-8-10-12-16(23)24/h7-12,14-15,17-18,25,28H,6,13H2,1-5H3,(H,23,24)/b8-7+,11-9+,12-10+. The molecule has 0 aromatic rings. The SMILES string of the molecule is CCC(C)C(OC(=O)C(O)C(C)(C)O)C(=O)OC(/C=C/C=C/C=C/C(=O)O)C1(C)CO1. The molecular weight excluding hydrogens is 408 g/mol. The van der Waals surface area contributed by atoms with Crippen LogP contribution in [0.4, 0.5) is 0 Å². The third-order valence-electron chi connectivity index (χ3n) is 4.83. The smallest absolute Gasteiger partial charge is 0.348 e. The van der Waals surface area contributed by atoms with Crippen LogP contribution in [0, 0.1) is 5.92 Å². The molecule has 5 unspecified atom stereocenters. The molecule has 0 spiro atoms. The van der Waals surface area contributed by atoms with Crippen LogP contribution in [0.5, 0.6) is 0 Å². The molecule has 3 N–H and O–H groups in total. The topological polar surface area (TPSA) is 143 Å². The number of carbonyl (C=O) groups excluding carboxylic acids is 2. The predicted molar refractivity (Wildman–Crippen MR) is 111 cm³/mol. The molecule has 0 amide bonds. The van der Waals surface area contributed by atoms with Gasteiger partial charge in [-0.25, -0.2) is 14.4 Å².